The maximum atomic E-state index is 9.37. The first-order valence-corrected chi connectivity index (χ1v) is 5.24. The van der Waals surface area contributed by atoms with Crippen LogP contribution >= 0.6 is 0 Å². The summed E-state index contributed by atoms with van der Waals surface area (Å²) in [6.45, 7) is 5.92. The van der Waals surface area contributed by atoms with Gasteiger partial charge in [-0.15, -0.1) is 0 Å². The van der Waals surface area contributed by atoms with Gasteiger partial charge in [-0.25, -0.2) is 0 Å². The SMILES string of the molecule is CC(C)(C)c1noc(-c2cc(O)cc(O)c2)n1. The van der Waals surface area contributed by atoms with Gasteiger partial charge >= 0.3 is 0 Å². The maximum absolute atomic E-state index is 9.37. The minimum atomic E-state index is -0.208. The molecule has 0 unspecified atom stereocenters. The van der Waals surface area contributed by atoms with E-state index in [1.807, 2.05) is 20.8 Å². The van der Waals surface area contributed by atoms with Gasteiger partial charge in [0, 0.05) is 17.0 Å². The maximum Gasteiger partial charge on any atom is 0.258 e. The molecule has 0 saturated carbocycles. The van der Waals surface area contributed by atoms with Gasteiger partial charge in [0.05, 0.1) is 0 Å². The summed E-state index contributed by atoms with van der Waals surface area (Å²) in [7, 11) is 0. The molecule has 5 nitrogen and oxygen atoms in total. The Labute approximate surface area is 98.7 Å². The third-order valence-corrected chi connectivity index (χ3v) is 2.25. The van der Waals surface area contributed by atoms with Crippen LogP contribution in [0, 0.1) is 0 Å². The first-order chi connectivity index (χ1) is 7.86. The molecule has 0 radical (unpaired) electrons. The minimum absolute atomic E-state index is 0.0458. The lowest BCUT2D eigenvalue weighted by molar-refractivity contribution is 0.401. The van der Waals surface area contributed by atoms with Crippen LogP contribution in [0.5, 0.6) is 11.5 Å². The van der Waals surface area contributed by atoms with Crippen molar-refractivity contribution in [2.75, 3.05) is 0 Å². The molecule has 2 rings (SSSR count). The van der Waals surface area contributed by atoms with Crippen LogP contribution in [0.4, 0.5) is 0 Å². The van der Waals surface area contributed by atoms with Crippen molar-refractivity contribution >= 4 is 0 Å². The number of phenols is 2. The molecule has 17 heavy (non-hydrogen) atoms. The van der Waals surface area contributed by atoms with Crippen molar-refractivity contribution in [2.24, 2.45) is 0 Å². The second-order valence-corrected chi connectivity index (χ2v) is 4.91. The van der Waals surface area contributed by atoms with Gasteiger partial charge in [-0.3, -0.25) is 0 Å². The zero-order valence-corrected chi connectivity index (χ0v) is 9.93. The number of aromatic hydroxyl groups is 2. The zero-order valence-electron chi connectivity index (χ0n) is 9.93. The van der Waals surface area contributed by atoms with Crippen LogP contribution < -0.4 is 0 Å². The third-order valence-electron chi connectivity index (χ3n) is 2.25. The molecule has 2 N–H and O–H groups in total. The average Bonchev–Trinajstić information content (AvgIpc) is 2.63. The van der Waals surface area contributed by atoms with Crippen LogP contribution in [0.1, 0.15) is 26.6 Å². The highest BCUT2D eigenvalue weighted by Crippen LogP contribution is 2.29. The average molecular weight is 234 g/mol. The Hall–Kier alpha value is -2.04. The van der Waals surface area contributed by atoms with Crippen LogP contribution in [0.25, 0.3) is 11.5 Å². The van der Waals surface area contributed by atoms with E-state index in [1.54, 1.807) is 0 Å². The van der Waals surface area contributed by atoms with Crippen molar-refractivity contribution < 1.29 is 14.7 Å². The van der Waals surface area contributed by atoms with Gasteiger partial charge in [-0.1, -0.05) is 25.9 Å². The fourth-order valence-electron chi connectivity index (χ4n) is 1.36. The van der Waals surface area contributed by atoms with E-state index in [9.17, 15) is 10.2 Å². The van der Waals surface area contributed by atoms with E-state index in [-0.39, 0.29) is 22.8 Å². The van der Waals surface area contributed by atoms with Crippen LogP contribution in [0.3, 0.4) is 0 Å². The predicted molar refractivity (Wildman–Crippen MR) is 61.8 cm³/mol. The van der Waals surface area contributed by atoms with Gasteiger partial charge in [-0.05, 0) is 12.1 Å². The first-order valence-electron chi connectivity index (χ1n) is 5.24. The van der Waals surface area contributed by atoms with Crippen molar-refractivity contribution in [1.29, 1.82) is 0 Å². The van der Waals surface area contributed by atoms with E-state index in [0.29, 0.717) is 11.4 Å². The topological polar surface area (TPSA) is 79.4 Å². The van der Waals surface area contributed by atoms with Gasteiger partial charge in [0.1, 0.15) is 11.5 Å². The molecule has 0 aliphatic rings. The summed E-state index contributed by atoms with van der Waals surface area (Å²) < 4.78 is 5.10. The summed E-state index contributed by atoms with van der Waals surface area (Å²) in [5, 5.41) is 22.6. The van der Waals surface area contributed by atoms with Crippen molar-refractivity contribution in [3.05, 3.63) is 24.0 Å². The number of aromatic nitrogens is 2. The van der Waals surface area contributed by atoms with Crippen LogP contribution in [-0.2, 0) is 5.41 Å². The molecule has 0 aliphatic carbocycles. The lowest BCUT2D eigenvalue weighted by Gasteiger charge is -2.10. The Morgan fingerprint density at radius 3 is 2.12 bits per heavy atom. The molecule has 0 bridgehead atoms. The van der Waals surface area contributed by atoms with Crippen LogP contribution in [0.2, 0.25) is 0 Å². The van der Waals surface area contributed by atoms with Crippen molar-refractivity contribution in [3.8, 4) is 23.0 Å². The third kappa shape index (κ3) is 2.38. The molecule has 5 heteroatoms. The van der Waals surface area contributed by atoms with Gasteiger partial charge < -0.3 is 14.7 Å². The number of phenolic OH excluding ortho intramolecular Hbond substituents is 2. The highest BCUT2D eigenvalue weighted by molar-refractivity contribution is 5.58. The van der Waals surface area contributed by atoms with Crippen molar-refractivity contribution in [2.45, 2.75) is 26.2 Å². The molecular formula is C12H14N2O3. The summed E-state index contributed by atoms with van der Waals surface area (Å²) in [5.41, 5.74) is 0.283. The van der Waals surface area contributed by atoms with E-state index >= 15 is 0 Å². The lowest BCUT2D eigenvalue weighted by Crippen LogP contribution is -2.13. The molecule has 1 aromatic carbocycles. The molecule has 2 aromatic rings. The number of benzene rings is 1. The van der Waals surface area contributed by atoms with E-state index in [2.05, 4.69) is 10.1 Å². The molecule has 0 spiro atoms. The second kappa shape index (κ2) is 3.76. The monoisotopic (exact) mass is 234 g/mol. The van der Waals surface area contributed by atoms with E-state index < -0.39 is 0 Å². The van der Waals surface area contributed by atoms with E-state index in [4.69, 9.17) is 4.52 Å². The summed E-state index contributed by atoms with van der Waals surface area (Å²) >= 11 is 0. The Bertz CT molecular complexity index is 521. The summed E-state index contributed by atoms with van der Waals surface area (Å²) in [6, 6.07) is 4.16. The van der Waals surface area contributed by atoms with Gasteiger partial charge in [0.25, 0.3) is 5.89 Å². The molecule has 1 heterocycles. The fraction of sp³-hybridized carbons (Fsp3) is 0.333. The largest absolute Gasteiger partial charge is 0.508 e. The Balaban J connectivity index is 2.44. The van der Waals surface area contributed by atoms with Crippen molar-refractivity contribution in [3.63, 3.8) is 0 Å². The standard InChI is InChI=1S/C12H14N2O3/c1-12(2,3)11-13-10(17-14-11)7-4-8(15)6-9(16)5-7/h4-6,15-16H,1-3H3. The smallest absolute Gasteiger partial charge is 0.258 e. The zero-order chi connectivity index (χ0) is 12.6. The quantitative estimate of drug-likeness (QED) is 0.792. The molecule has 90 valence electrons. The predicted octanol–water partition coefficient (Wildman–Crippen LogP) is 2.45. The molecule has 0 aliphatic heterocycles. The van der Waals surface area contributed by atoms with Gasteiger partial charge in [0.15, 0.2) is 5.82 Å². The molecular weight excluding hydrogens is 220 g/mol. The number of hydrogen-bond donors (Lipinski definition) is 2. The summed E-state index contributed by atoms with van der Waals surface area (Å²) in [6.07, 6.45) is 0. The lowest BCUT2D eigenvalue weighted by atomic mass is 9.96. The first kappa shape index (κ1) is 11.4. The molecule has 0 atom stereocenters. The Kier molecular flexibility index (Phi) is 2.53. The van der Waals surface area contributed by atoms with E-state index in [0.717, 1.165) is 0 Å². The summed E-state index contributed by atoms with van der Waals surface area (Å²) in [4.78, 5) is 4.23. The number of nitrogens with zero attached hydrogens (tertiary/aromatic N) is 2. The van der Waals surface area contributed by atoms with E-state index in [1.165, 1.54) is 18.2 Å². The summed E-state index contributed by atoms with van der Waals surface area (Å²) in [5.74, 6) is 0.766. The Morgan fingerprint density at radius 2 is 1.65 bits per heavy atom. The molecule has 0 amide bonds. The van der Waals surface area contributed by atoms with Crippen LogP contribution in [0.15, 0.2) is 22.7 Å². The fourth-order valence-corrected chi connectivity index (χ4v) is 1.36. The second-order valence-electron chi connectivity index (χ2n) is 4.91. The van der Waals surface area contributed by atoms with Gasteiger partial charge in [-0.2, -0.15) is 4.98 Å². The van der Waals surface area contributed by atoms with Crippen molar-refractivity contribution in [1.82, 2.24) is 10.1 Å². The van der Waals surface area contributed by atoms with Gasteiger partial charge in [0.2, 0.25) is 0 Å². The normalized spacial score (nSPS) is 11.7. The van der Waals surface area contributed by atoms with Crippen LogP contribution in [-0.4, -0.2) is 20.4 Å². The molecule has 0 fully saturated rings. The number of rotatable bonds is 1. The minimum Gasteiger partial charge on any atom is -0.508 e. The molecule has 0 saturated heterocycles. The molecule has 1 aromatic heterocycles. The highest BCUT2D eigenvalue weighted by atomic mass is 16.5. The Morgan fingerprint density at radius 1 is 1.06 bits per heavy atom. The highest BCUT2D eigenvalue weighted by Gasteiger charge is 2.21. The number of hydrogen-bond acceptors (Lipinski definition) is 5.